The number of halogens is 1. The van der Waals surface area contributed by atoms with Crippen LogP contribution in [0.5, 0.6) is 5.88 Å². The fourth-order valence-corrected chi connectivity index (χ4v) is 2.10. The molecule has 0 aromatic carbocycles. The summed E-state index contributed by atoms with van der Waals surface area (Å²) in [5.41, 5.74) is 0.820. The Hall–Kier alpha value is -0.840. The van der Waals surface area contributed by atoms with E-state index in [0.29, 0.717) is 30.1 Å². The minimum atomic E-state index is 0.203. The van der Waals surface area contributed by atoms with Crippen molar-refractivity contribution in [2.45, 2.75) is 45.4 Å². The molecule has 1 unspecified atom stereocenters. The fraction of sp³-hybridized carbons (Fsp3) is 0.643. The molecule has 0 saturated carbocycles. The molecule has 1 aromatic heterocycles. The maximum absolute atomic E-state index is 6.12. The lowest BCUT2D eigenvalue weighted by molar-refractivity contribution is 0.0662. The summed E-state index contributed by atoms with van der Waals surface area (Å²) in [5.74, 6) is 0.612. The molecule has 0 bridgehead atoms. The number of nitrogens with zero attached hydrogens (tertiary/aromatic N) is 1. The van der Waals surface area contributed by atoms with Crippen LogP contribution < -0.4 is 10.1 Å². The molecule has 1 N–H and O–H groups in total. The van der Waals surface area contributed by atoms with Gasteiger partial charge in [0.25, 0.3) is 0 Å². The molecule has 2 rings (SSSR count). The molecular formula is C14H21ClN2O2. The molecule has 0 spiro atoms. The number of hydrogen-bond acceptors (Lipinski definition) is 4. The molecular weight excluding hydrogens is 264 g/mol. The van der Waals surface area contributed by atoms with Crippen LogP contribution in [0.1, 0.15) is 32.4 Å². The molecule has 5 heteroatoms. The number of rotatable bonds is 6. The summed E-state index contributed by atoms with van der Waals surface area (Å²) in [4.78, 5) is 4.43. The van der Waals surface area contributed by atoms with E-state index in [1.165, 1.54) is 0 Å². The van der Waals surface area contributed by atoms with Gasteiger partial charge in [0, 0.05) is 25.3 Å². The van der Waals surface area contributed by atoms with Crippen molar-refractivity contribution in [3.8, 4) is 5.88 Å². The van der Waals surface area contributed by atoms with Crippen LogP contribution in [0.3, 0.4) is 0 Å². The topological polar surface area (TPSA) is 43.4 Å². The van der Waals surface area contributed by atoms with Gasteiger partial charge in [0.15, 0.2) is 0 Å². The Morgan fingerprint density at radius 3 is 3.05 bits per heavy atom. The van der Waals surface area contributed by atoms with E-state index in [0.717, 1.165) is 25.1 Å². The van der Waals surface area contributed by atoms with Crippen molar-refractivity contribution in [1.82, 2.24) is 10.3 Å². The third-order valence-electron chi connectivity index (χ3n) is 3.01. The Labute approximate surface area is 119 Å². The van der Waals surface area contributed by atoms with Gasteiger partial charge in [-0.05, 0) is 18.9 Å². The van der Waals surface area contributed by atoms with Gasteiger partial charge in [-0.3, -0.25) is 0 Å². The van der Waals surface area contributed by atoms with Gasteiger partial charge in [0.1, 0.15) is 6.61 Å². The molecule has 4 nitrogen and oxygen atoms in total. The molecule has 2 heterocycles. The highest BCUT2D eigenvalue weighted by Crippen LogP contribution is 2.19. The average Bonchev–Trinajstić information content (AvgIpc) is 2.89. The van der Waals surface area contributed by atoms with Crippen LogP contribution in [0.2, 0.25) is 5.02 Å². The lowest BCUT2D eigenvalue weighted by Crippen LogP contribution is -2.23. The van der Waals surface area contributed by atoms with Crippen molar-refractivity contribution < 1.29 is 9.47 Å². The van der Waals surface area contributed by atoms with E-state index < -0.39 is 0 Å². The average molecular weight is 285 g/mol. The smallest absolute Gasteiger partial charge is 0.213 e. The standard InChI is InChI=1S/C14H21ClN2O2/c1-10(2)16-8-13-12(15)5-6-14(17-13)19-9-11-4-3-7-18-11/h5-6,10-11,16H,3-4,7-9H2,1-2H3. The van der Waals surface area contributed by atoms with Crippen LogP contribution in [0.15, 0.2) is 12.1 Å². The lowest BCUT2D eigenvalue weighted by Gasteiger charge is -2.13. The number of hydrogen-bond donors (Lipinski definition) is 1. The Kier molecular flexibility index (Phi) is 5.43. The maximum atomic E-state index is 6.12. The summed E-state index contributed by atoms with van der Waals surface area (Å²) in [5, 5.41) is 3.96. The van der Waals surface area contributed by atoms with Crippen LogP contribution >= 0.6 is 11.6 Å². The quantitative estimate of drug-likeness (QED) is 0.872. The van der Waals surface area contributed by atoms with Gasteiger partial charge in [0.2, 0.25) is 5.88 Å². The van der Waals surface area contributed by atoms with Crippen molar-refractivity contribution in [2.24, 2.45) is 0 Å². The van der Waals surface area contributed by atoms with Gasteiger partial charge < -0.3 is 14.8 Å². The summed E-state index contributed by atoms with van der Waals surface area (Å²) in [6.07, 6.45) is 2.38. The molecule has 0 radical (unpaired) electrons. The zero-order valence-electron chi connectivity index (χ0n) is 11.5. The van der Waals surface area contributed by atoms with Crippen LogP contribution in [-0.2, 0) is 11.3 Å². The fourth-order valence-electron chi connectivity index (χ4n) is 1.92. The monoisotopic (exact) mass is 284 g/mol. The number of nitrogens with one attached hydrogen (secondary N) is 1. The molecule has 0 amide bonds. The molecule has 1 fully saturated rings. The van der Waals surface area contributed by atoms with Crippen molar-refractivity contribution in [2.75, 3.05) is 13.2 Å². The first-order valence-corrected chi connectivity index (χ1v) is 7.16. The predicted octanol–water partition coefficient (Wildman–Crippen LogP) is 2.79. The SMILES string of the molecule is CC(C)NCc1nc(OCC2CCCO2)ccc1Cl. The van der Waals surface area contributed by atoms with E-state index in [4.69, 9.17) is 21.1 Å². The Balaban J connectivity index is 1.91. The van der Waals surface area contributed by atoms with E-state index in [1.54, 1.807) is 6.07 Å². The Morgan fingerprint density at radius 2 is 2.37 bits per heavy atom. The highest BCUT2D eigenvalue weighted by Gasteiger charge is 2.16. The molecule has 1 aliphatic rings. The predicted molar refractivity (Wildman–Crippen MR) is 75.7 cm³/mol. The summed E-state index contributed by atoms with van der Waals surface area (Å²) in [7, 11) is 0. The van der Waals surface area contributed by atoms with Crippen LogP contribution in [0, 0.1) is 0 Å². The highest BCUT2D eigenvalue weighted by molar-refractivity contribution is 6.31. The molecule has 0 aliphatic carbocycles. The Morgan fingerprint density at radius 1 is 1.53 bits per heavy atom. The van der Waals surface area contributed by atoms with Crippen LogP contribution in [0.4, 0.5) is 0 Å². The first kappa shape index (κ1) is 14.6. The second kappa shape index (κ2) is 7.08. The summed E-state index contributed by atoms with van der Waals surface area (Å²) < 4.78 is 11.2. The molecule has 1 saturated heterocycles. The molecule has 106 valence electrons. The lowest BCUT2D eigenvalue weighted by atomic mass is 10.2. The van der Waals surface area contributed by atoms with Crippen molar-refractivity contribution >= 4 is 11.6 Å². The van der Waals surface area contributed by atoms with Crippen molar-refractivity contribution in [3.05, 3.63) is 22.8 Å². The van der Waals surface area contributed by atoms with Gasteiger partial charge in [-0.1, -0.05) is 25.4 Å². The molecule has 19 heavy (non-hydrogen) atoms. The molecule has 1 atom stereocenters. The van der Waals surface area contributed by atoms with Crippen LogP contribution in [-0.4, -0.2) is 30.3 Å². The van der Waals surface area contributed by atoms with E-state index >= 15 is 0 Å². The third-order valence-corrected chi connectivity index (χ3v) is 3.36. The van der Waals surface area contributed by atoms with E-state index in [-0.39, 0.29) is 6.10 Å². The normalized spacial score (nSPS) is 19.1. The maximum Gasteiger partial charge on any atom is 0.213 e. The minimum absolute atomic E-state index is 0.203. The zero-order chi connectivity index (χ0) is 13.7. The van der Waals surface area contributed by atoms with E-state index in [1.807, 2.05) is 6.07 Å². The molecule has 1 aliphatic heterocycles. The summed E-state index contributed by atoms with van der Waals surface area (Å²) in [6, 6.07) is 4.03. The van der Waals surface area contributed by atoms with Gasteiger partial charge >= 0.3 is 0 Å². The van der Waals surface area contributed by atoms with Gasteiger partial charge in [0.05, 0.1) is 16.8 Å². The third kappa shape index (κ3) is 4.64. The Bertz CT molecular complexity index is 406. The number of aromatic nitrogens is 1. The largest absolute Gasteiger partial charge is 0.475 e. The zero-order valence-corrected chi connectivity index (χ0v) is 12.2. The van der Waals surface area contributed by atoms with Crippen molar-refractivity contribution in [1.29, 1.82) is 0 Å². The first-order chi connectivity index (χ1) is 9.15. The van der Waals surface area contributed by atoms with E-state index in [9.17, 15) is 0 Å². The highest BCUT2D eigenvalue weighted by atomic mass is 35.5. The second-order valence-corrected chi connectivity index (χ2v) is 5.47. The number of pyridine rings is 1. The summed E-state index contributed by atoms with van der Waals surface area (Å²) in [6.45, 7) is 6.22. The van der Waals surface area contributed by atoms with Gasteiger partial charge in [-0.15, -0.1) is 0 Å². The van der Waals surface area contributed by atoms with Gasteiger partial charge in [-0.25, -0.2) is 4.98 Å². The second-order valence-electron chi connectivity index (χ2n) is 5.06. The van der Waals surface area contributed by atoms with Crippen LogP contribution in [0.25, 0.3) is 0 Å². The minimum Gasteiger partial charge on any atom is -0.475 e. The van der Waals surface area contributed by atoms with Crippen molar-refractivity contribution in [3.63, 3.8) is 0 Å². The van der Waals surface area contributed by atoms with E-state index in [2.05, 4.69) is 24.1 Å². The first-order valence-electron chi connectivity index (χ1n) is 6.78. The summed E-state index contributed by atoms with van der Waals surface area (Å²) >= 11 is 6.12. The number of ether oxygens (including phenoxy) is 2. The van der Waals surface area contributed by atoms with Gasteiger partial charge in [-0.2, -0.15) is 0 Å². The molecule has 1 aromatic rings.